The topological polar surface area (TPSA) is 94.0 Å². The Bertz CT molecular complexity index is 1080. The van der Waals surface area contributed by atoms with Gasteiger partial charge >= 0.3 is 5.97 Å². The smallest absolute Gasteiger partial charge is 0.337 e. The normalized spacial score (nSPS) is 20.6. The van der Waals surface area contributed by atoms with E-state index in [2.05, 4.69) is 23.7 Å². The molecular weight excluding hydrogens is 470 g/mol. The number of aliphatic carboxylic acids is 1. The van der Waals surface area contributed by atoms with Gasteiger partial charge in [-0.2, -0.15) is 0 Å². The Hall–Kier alpha value is -2.71. The number of ether oxygens (including phenoxy) is 3. The lowest BCUT2D eigenvalue weighted by Crippen LogP contribution is -2.39. The molecule has 0 amide bonds. The summed E-state index contributed by atoms with van der Waals surface area (Å²) >= 11 is 0. The van der Waals surface area contributed by atoms with Crippen molar-refractivity contribution in [2.45, 2.75) is 85.0 Å². The minimum Gasteiger partial charge on any atom is -0.489 e. The van der Waals surface area contributed by atoms with Crippen LogP contribution in [-0.4, -0.2) is 59.1 Å². The van der Waals surface area contributed by atoms with Crippen molar-refractivity contribution in [3.8, 4) is 17.0 Å². The Morgan fingerprint density at radius 3 is 2.51 bits per heavy atom. The maximum atomic E-state index is 12.5. The fourth-order valence-electron chi connectivity index (χ4n) is 4.96. The zero-order valence-electron chi connectivity index (χ0n) is 23.0. The minimum absolute atomic E-state index is 0.134. The zero-order chi connectivity index (χ0) is 26.8. The first-order valence-corrected chi connectivity index (χ1v) is 13.3. The van der Waals surface area contributed by atoms with Crippen molar-refractivity contribution in [2.75, 3.05) is 31.2 Å². The quantitative estimate of drug-likeness (QED) is 0.491. The number of piperidine rings is 1. The summed E-state index contributed by atoms with van der Waals surface area (Å²) in [6.45, 7) is 15.0. The van der Waals surface area contributed by atoms with Gasteiger partial charge in [0.2, 0.25) is 0 Å². The van der Waals surface area contributed by atoms with Crippen LogP contribution in [0.4, 0.5) is 5.69 Å². The van der Waals surface area contributed by atoms with Crippen LogP contribution in [0.3, 0.4) is 0 Å². The van der Waals surface area contributed by atoms with Crippen LogP contribution in [0.15, 0.2) is 24.5 Å². The molecule has 0 spiro atoms. The van der Waals surface area contributed by atoms with Gasteiger partial charge < -0.3 is 24.2 Å². The maximum Gasteiger partial charge on any atom is 0.337 e. The second-order valence-electron chi connectivity index (χ2n) is 11.9. The largest absolute Gasteiger partial charge is 0.489 e. The molecule has 0 aromatic carbocycles. The zero-order valence-corrected chi connectivity index (χ0v) is 23.0. The molecule has 2 fully saturated rings. The number of nitrogens with zero attached hydrogens (tertiary/aromatic N) is 3. The predicted octanol–water partition coefficient (Wildman–Crippen LogP) is 5.58. The van der Waals surface area contributed by atoms with Crippen molar-refractivity contribution >= 4 is 11.7 Å². The van der Waals surface area contributed by atoms with E-state index in [4.69, 9.17) is 19.2 Å². The average molecular weight is 512 g/mol. The molecule has 2 aliphatic rings. The van der Waals surface area contributed by atoms with Crippen LogP contribution in [-0.2, 0) is 14.3 Å². The highest BCUT2D eigenvalue weighted by molar-refractivity contribution is 5.85. The third-order valence-corrected chi connectivity index (χ3v) is 7.15. The van der Waals surface area contributed by atoms with Gasteiger partial charge in [-0.25, -0.2) is 4.79 Å². The summed E-state index contributed by atoms with van der Waals surface area (Å²) in [6, 6.07) is 3.82. The number of hydrogen-bond donors (Lipinski definition) is 1. The van der Waals surface area contributed by atoms with Gasteiger partial charge in [-0.3, -0.25) is 9.97 Å². The molecular formula is C29H41N3O5. The van der Waals surface area contributed by atoms with Gasteiger partial charge in [0.25, 0.3) is 0 Å². The minimum atomic E-state index is -1.15. The SMILES string of the molecule is Cc1ncc(-c2ccc(OC[C@H]3CCCO3)cn2)c(N2CCC(C)(C)CC2)c1[C@H](OC(C)(C)C)C(=O)O. The van der Waals surface area contributed by atoms with E-state index < -0.39 is 17.7 Å². The molecule has 37 heavy (non-hydrogen) atoms. The van der Waals surface area contributed by atoms with Crippen molar-refractivity contribution in [3.63, 3.8) is 0 Å². The first-order chi connectivity index (χ1) is 17.4. The number of anilines is 1. The standard InChI is InChI=1S/C29H41N3O5/c1-19-24(26(27(33)34)37-28(2,3)4)25(32-13-11-29(5,6)12-14-32)22(17-30-19)23-10-9-20(16-31-23)36-18-21-8-7-15-35-21/h9-10,16-17,21,26H,7-8,11-15,18H2,1-6H3,(H,33,34)/t21-,26+/m1/s1. The second kappa shape index (κ2) is 11.0. The summed E-state index contributed by atoms with van der Waals surface area (Å²) < 4.78 is 17.7. The third kappa shape index (κ3) is 6.79. The monoisotopic (exact) mass is 511 g/mol. The van der Waals surface area contributed by atoms with Crippen molar-refractivity contribution in [1.29, 1.82) is 0 Å². The van der Waals surface area contributed by atoms with E-state index in [0.717, 1.165) is 62.3 Å². The van der Waals surface area contributed by atoms with Crippen LogP contribution in [0, 0.1) is 12.3 Å². The fraction of sp³-hybridized carbons (Fsp3) is 0.621. The Morgan fingerprint density at radius 2 is 1.95 bits per heavy atom. The van der Waals surface area contributed by atoms with Crippen LogP contribution in [0.25, 0.3) is 11.3 Å². The molecule has 0 aliphatic carbocycles. The summed E-state index contributed by atoms with van der Waals surface area (Å²) in [5.41, 5.74) is 3.21. The van der Waals surface area contributed by atoms with Crippen LogP contribution in [0.5, 0.6) is 5.75 Å². The summed E-state index contributed by atoms with van der Waals surface area (Å²) in [5.74, 6) is -0.346. The molecule has 0 radical (unpaired) electrons. The molecule has 4 rings (SSSR count). The van der Waals surface area contributed by atoms with Crippen molar-refractivity contribution < 1.29 is 24.1 Å². The Morgan fingerprint density at radius 1 is 1.22 bits per heavy atom. The lowest BCUT2D eigenvalue weighted by Gasteiger charge is -2.40. The van der Waals surface area contributed by atoms with Gasteiger partial charge in [0.1, 0.15) is 12.4 Å². The van der Waals surface area contributed by atoms with Gasteiger partial charge in [-0.15, -0.1) is 0 Å². The summed E-state index contributed by atoms with van der Waals surface area (Å²) in [5, 5.41) is 10.3. The number of hydrogen-bond acceptors (Lipinski definition) is 7. The summed E-state index contributed by atoms with van der Waals surface area (Å²) in [4.78, 5) is 24.1. The maximum absolute atomic E-state index is 12.5. The van der Waals surface area contributed by atoms with Gasteiger partial charge in [0.05, 0.1) is 29.3 Å². The van der Waals surface area contributed by atoms with Crippen LogP contribution in [0.2, 0.25) is 0 Å². The predicted molar refractivity (Wildman–Crippen MR) is 143 cm³/mol. The number of aromatic nitrogens is 2. The highest BCUT2D eigenvalue weighted by Gasteiger charge is 2.36. The highest BCUT2D eigenvalue weighted by Crippen LogP contribution is 2.43. The molecule has 0 saturated carbocycles. The van der Waals surface area contributed by atoms with Crippen LogP contribution in [0.1, 0.15) is 77.7 Å². The first-order valence-electron chi connectivity index (χ1n) is 13.3. The number of pyridine rings is 2. The summed E-state index contributed by atoms with van der Waals surface area (Å²) in [7, 11) is 0. The van der Waals surface area contributed by atoms with E-state index in [-0.39, 0.29) is 11.5 Å². The number of carbonyl (C=O) groups is 1. The van der Waals surface area contributed by atoms with Gasteiger partial charge in [0, 0.05) is 42.7 Å². The van der Waals surface area contributed by atoms with E-state index in [1.807, 2.05) is 39.8 Å². The molecule has 202 valence electrons. The third-order valence-electron chi connectivity index (χ3n) is 7.15. The van der Waals surface area contributed by atoms with Gasteiger partial charge in [-0.05, 0) is 70.9 Å². The Balaban J connectivity index is 1.73. The van der Waals surface area contributed by atoms with Gasteiger partial charge in [-0.1, -0.05) is 13.8 Å². The van der Waals surface area contributed by atoms with Crippen LogP contribution >= 0.6 is 0 Å². The fourth-order valence-corrected chi connectivity index (χ4v) is 4.96. The first kappa shape index (κ1) is 27.3. The summed E-state index contributed by atoms with van der Waals surface area (Å²) in [6.07, 6.45) is 6.61. The lowest BCUT2D eigenvalue weighted by molar-refractivity contribution is -0.160. The number of carboxylic acids is 1. The van der Waals surface area contributed by atoms with E-state index in [1.165, 1.54) is 0 Å². The molecule has 0 unspecified atom stereocenters. The lowest BCUT2D eigenvalue weighted by atomic mass is 9.82. The van der Waals surface area contributed by atoms with Gasteiger partial charge in [0.15, 0.2) is 6.10 Å². The average Bonchev–Trinajstić information content (AvgIpc) is 3.35. The van der Waals surface area contributed by atoms with Crippen molar-refractivity contribution in [3.05, 3.63) is 35.8 Å². The molecule has 2 atom stereocenters. The number of rotatable bonds is 8. The van der Waals surface area contributed by atoms with Crippen LogP contribution < -0.4 is 9.64 Å². The molecule has 4 heterocycles. The van der Waals surface area contributed by atoms with E-state index in [1.54, 1.807) is 12.4 Å². The molecule has 2 aromatic heterocycles. The number of aryl methyl sites for hydroxylation is 1. The highest BCUT2D eigenvalue weighted by atomic mass is 16.5. The Kier molecular flexibility index (Phi) is 8.09. The molecule has 2 aromatic rings. The number of carboxylic acid groups (broad SMARTS) is 1. The molecule has 0 bridgehead atoms. The molecule has 8 heteroatoms. The van der Waals surface area contributed by atoms with Crippen molar-refractivity contribution in [2.24, 2.45) is 5.41 Å². The van der Waals surface area contributed by atoms with E-state index in [0.29, 0.717) is 23.6 Å². The Labute approximate surface area is 220 Å². The molecule has 1 N–H and O–H groups in total. The molecule has 8 nitrogen and oxygen atoms in total. The molecule has 2 aliphatic heterocycles. The van der Waals surface area contributed by atoms with E-state index >= 15 is 0 Å². The van der Waals surface area contributed by atoms with E-state index in [9.17, 15) is 9.90 Å². The molecule has 2 saturated heterocycles. The second-order valence-corrected chi connectivity index (χ2v) is 11.9. The van der Waals surface area contributed by atoms with Crippen molar-refractivity contribution in [1.82, 2.24) is 9.97 Å².